The van der Waals surface area contributed by atoms with E-state index >= 15 is 0 Å². The molecular formula is C14H15FN2O3S. The number of phenolic OH excluding ortho intramolecular Hbond substituents is 1. The zero-order valence-corrected chi connectivity index (χ0v) is 12.1. The second kappa shape index (κ2) is 5.71. The number of para-hydroxylation sites is 2. The van der Waals surface area contributed by atoms with Crippen LogP contribution in [0.4, 0.5) is 10.1 Å². The summed E-state index contributed by atoms with van der Waals surface area (Å²) < 4.78 is 39.3. The fourth-order valence-corrected chi connectivity index (χ4v) is 3.15. The molecule has 0 aromatic heterocycles. The van der Waals surface area contributed by atoms with Gasteiger partial charge < -0.3 is 10.8 Å². The van der Waals surface area contributed by atoms with Crippen LogP contribution in [0.15, 0.2) is 47.4 Å². The van der Waals surface area contributed by atoms with Gasteiger partial charge in [-0.1, -0.05) is 24.3 Å². The molecule has 0 atom stereocenters. The van der Waals surface area contributed by atoms with Crippen molar-refractivity contribution in [1.29, 1.82) is 0 Å². The second-order valence-electron chi connectivity index (χ2n) is 4.54. The van der Waals surface area contributed by atoms with Crippen LogP contribution in [0, 0.1) is 5.82 Å². The quantitative estimate of drug-likeness (QED) is 0.845. The number of anilines is 1. The number of nitrogen functional groups attached to an aromatic ring is 1. The predicted molar refractivity (Wildman–Crippen MR) is 77.6 cm³/mol. The molecule has 21 heavy (non-hydrogen) atoms. The topological polar surface area (TPSA) is 83.6 Å². The Kier molecular flexibility index (Phi) is 4.15. The largest absolute Gasteiger partial charge is 0.508 e. The summed E-state index contributed by atoms with van der Waals surface area (Å²) in [4.78, 5) is -0.291. The first-order chi connectivity index (χ1) is 9.84. The third-order valence-corrected chi connectivity index (χ3v) is 4.95. The third kappa shape index (κ3) is 2.98. The highest BCUT2D eigenvalue weighted by atomic mass is 32.2. The van der Waals surface area contributed by atoms with E-state index in [1.54, 1.807) is 18.2 Å². The van der Waals surface area contributed by atoms with E-state index in [0.717, 1.165) is 10.4 Å². The number of sulfonamides is 1. The number of nitrogens with zero attached hydrogens (tertiary/aromatic N) is 1. The van der Waals surface area contributed by atoms with Gasteiger partial charge in [0.25, 0.3) is 0 Å². The lowest BCUT2D eigenvalue weighted by Gasteiger charge is -2.19. The summed E-state index contributed by atoms with van der Waals surface area (Å²) in [7, 11) is -2.61. The highest BCUT2D eigenvalue weighted by Crippen LogP contribution is 2.26. The van der Waals surface area contributed by atoms with Crippen LogP contribution in [0.2, 0.25) is 0 Å². The van der Waals surface area contributed by atoms with Gasteiger partial charge in [-0.05, 0) is 18.2 Å². The third-order valence-electron chi connectivity index (χ3n) is 3.09. The van der Waals surface area contributed by atoms with Gasteiger partial charge in [0.2, 0.25) is 10.0 Å². The van der Waals surface area contributed by atoms with Crippen molar-refractivity contribution in [3.05, 3.63) is 53.8 Å². The van der Waals surface area contributed by atoms with Gasteiger partial charge in [0, 0.05) is 19.2 Å². The Hall–Kier alpha value is -2.12. The second-order valence-corrected chi connectivity index (χ2v) is 6.55. The van der Waals surface area contributed by atoms with Crippen LogP contribution in [-0.4, -0.2) is 24.9 Å². The standard InChI is InChI=1S/C14H15FN2O3S/c1-17(9-10-5-2-3-7-12(10)18)21(19,20)13-8-4-6-11(15)14(13)16/h2-8,18H,9,16H2,1H3. The van der Waals surface area contributed by atoms with Crippen LogP contribution in [0.5, 0.6) is 5.75 Å². The van der Waals surface area contributed by atoms with Crippen molar-refractivity contribution in [2.24, 2.45) is 0 Å². The molecule has 0 spiro atoms. The molecule has 0 aliphatic carbocycles. The Labute approximate surface area is 122 Å². The molecule has 5 nitrogen and oxygen atoms in total. The Balaban J connectivity index is 2.36. The molecule has 2 aromatic rings. The molecule has 0 heterocycles. The maximum atomic E-state index is 13.4. The number of hydrogen-bond acceptors (Lipinski definition) is 4. The average Bonchev–Trinajstić information content (AvgIpc) is 2.44. The number of rotatable bonds is 4. The summed E-state index contributed by atoms with van der Waals surface area (Å²) in [5.41, 5.74) is 5.53. The van der Waals surface area contributed by atoms with E-state index in [-0.39, 0.29) is 17.2 Å². The van der Waals surface area contributed by atoms with Gasteiger partial charge in [-0.2, -0.15) is 4.31 Å². The molecule has 0 unspecified atom stereocenters. The number of hydrogen-bond donors (Lipinski definition) is 2. The number of aromatic hydroxyl groups is 1. The van der Waals surface area contributed by atoms with Crippen LogP contribution in [0.1, 0.15) is 5.56 Å². The number of nitrogens with two attached hydrogens (primary N) is 1. The number of benzene rings is 2. The van der Waals surface area contributed by atoms with Crippen LogP contribution in [-0.2, 0) is 16.6 Å². The van der Waals surface area contributed by atoms with Gasteiger partial charge in [0.15, 0.2) is 0 Å². The highest BCUT2D eigenvalue weighted by molar-refractivity contribution is 7.89. The maximum absolute atomic E-state index is 13.4. The summed E-state index contributed by atoms with van der Waals surface area (Å²) >= 11 is 0. The minimum atomic E-state index is -3.95. The highest BCUT2D eigenvalue weighted by Gasteiger charge is 2.25. The average molecular weight is 310 g/mol. The van der Waals surface area contributed by atoms with Crippen LogP contribution in [0.3, 0.4) is 0 Å². The molecular weight excluding hydrogens is 295 g/mol. The first-order valence-corrected chi connectivity index (χ1v) is 7.55. The summed E-state index contributed by atoms with van der Waals surface area (Å²) in [6, 6.07) is 10.0. The van der Waals surface area contributed by atoms with Crippen molar-refractivity contribution in [2.45, 2.75) is 11.4 Å². The van der Waals surface area contributed by atoms with Crippen molar-refractivity contribution in [3.63, 3.8) is 0 Å². The fraction of sp³-hybridized carbons (Fsp3) is 0.143. The molecule has 0 bridgehead atoms. The molecule has 112 valence electrons. The van der Waals surface area contributed by atoms with Gasteiger partial charge in [0.1, 0.15) is 16.5 Å². The molecule has 0 fully saturated rings. The number of phenols is 1. The minimum absolute atomic E-state index is 0.00763. The molecule has 3 N–H and O–H groups in total. The Morgan fingerprint density at radius 1 is 1.19 bits per heavy atom. The molecule has 2 aromatic carbocycles. The van der Waals surface area contributed by atoms with E-state index in [1.807, 2.05) is 0 Å². The lowest BCUT2D eigenvalue weighted by atomic mass is 10.2. The van der Waals surface area contributed by atoms with Crippen LogP contribution in [0.25, 0.3) is 0 Å². The number of halogens is 1. The first-order valence-electron chi connectivity index (χ1n) is 6.11. The summed E-state index contributed by atoms with van der Waals surface area (Å²) in [6.07, 6.45) is 0. The Bertz CT molecular complexity index is 763. The smallest absolute Gasteiger partial charge is 0.245 e. The molecule has 7 heteroatoms. The SMILES string of the molecule is CN(Cc1ccccc1O)S(=O)(=O)c1cccc(F)c1N. The molecule has 0 aliphatic heterocycles. The van der Waals surface area contributed by atoms with E-state index in [0.29, 0.717) is 5.56 Å². The zero-order valence-electron chi connectivity index (χ0n) is 11.3. The van der Waals surface area contributed by atoms with Gasteiger partial charge in [0.05, 0.1) is 5.69 Å². The van der Waals surface area contributed by atoms with E-state index in [1.165, 1.54) is 25.2 Å². The normalized spacial score (nSPS) is 11.8. The van der Waals surface area contributed by atoms with Crippen molar-refractivity contribution < 1.29 is 17.9 Å². The first kappa shape index (κ1) is 15.3. The van der Waals surface area contributed by atoms with Gasteiger partial charge in [-0.15, -0.1) is 0 Å². The van der Waals surface area contributed by atoms with Crippen molar-refractivity contribution in [1.82, 2.24) is 4.31 Å². The summed E-state index contributed by atoms with van der Waals surface area (Å²) in [6.45, 7) is -0.0506. The lowest BCUT2D eigenvalue weighted by molar-refractivity contribution is 0.435. The monoisotopic (exact) mass is 310 g/mol. The van der Waals surface area contributed by atoms with Crippen molar-refractivity contribution in [2.75, 3.05) is 12.8 Å². The molecule has 0 saturated carbocycles. The fourth-order valence-electron chi connectivity index (χ4n) is 1.88. The van der Waals surface area contributed by atoms with E-state index in [9.17, 15) is 17.9 Å². The maximum Gasteiger partial charge on any atom is 0.245 e. The van der Waals surface area contributed by atoms with Gasteiger partial charge >= 0.3 is 0 Å². The van der Waals surface area contributed by atoms with E-state index in [4.69, 9.17) is 5.73 Å². The molecule has 0 amide bonds. The lowest BCUT2D eigenvalue weighted by Crippen LogP contribution is -2.27. The molecule has 2 rings (SSSR count). The van der Waals surface area contributed by atoms with Crippen molar-refractivity contribution >= 4 is 15.7 Å². The summed E-state index contributed by atoms with van der Waals surface area (Å²) in [5, 5.41) is 9.69. The summed E-state index contributed by atoms with van der Waals surface area (Å²) in [5.74, 6) is -0.793. The minimum Gasteiger partial charge on any atom is -0.508 e. The van der Waals surface area contributed by atoms with E-state index in [2.05, 4.69) is 0 Å². The van der Waals surface area contributed by atoms with E-state index < -0.39 is 21.5 Å². The Morgan fingerprint density at radius 3 is 2.52 bits per heavy atom. The van der Waals surface area contributed by atoms with Gasteiger partial charge in [-0.3, -0.25) is 0 Å². The van der Waals surface area contributed by atoms with Crippen LogP contribution < -0.4 is 5.73 Å². The molecule has 0 radical (unpaired) electrons. The molecule has 0 saturated heterocycles. The predicted octanol–water partition coefficient (Wildman–Crippen LogP) is 1.93. The van der Waals surface area contributed by atoms with Crippen molar-refractivity contribution in [3.8, 4) is 5.75 Å². The molecule has 0 aliphatic rings. The van der Waals surface area contributed by atoms with Crippen LogP contribution >= 0.6 is 0 Å². The zero-order chi connectivity index (χ0) is 15.6. The Morgan fingerprint density at radius 2 is 1.86 bits per heavy atom. The van der Waals surface area contributed by atoms with Gasteiger partial charge in [-0.25, -0.2) is 12.8 Å².